The summed E-state index contributed by atoms with van der Waals surface area (Å²) in [5.74, 6) is 0.212. The number of likely N-dealkylation sites (N-methyl/N-ethyl adjacent to an activating group) is 1. The first kappa shape index (κ1) is 14.8. The first-order chi connectivity index (χ1) is 9.16. The predicted octanol–water partition coefficient (Wildman–Crippen LogP) is 1.51. The van der Waals surface area contributed by atoms with Crippen molar-refractivity contribution < 1.29 is 4.79 Å². The van der Waals surface area contributed by atoms with Crippen molar-refractivity contribution in [2.24, 2.45) is 0 Å². The smallest absolute Gasteiger partial charge is 0.220 e. The molecule has 0 aromatic rings. The van der Waals surface area contributed by atoms with Gasteiger partial charge in [-0.1, -0.05) is 6.42 Å². The number of nitrogens with one attached hydrogen (secondary N) is 2. The Morgan fingerprint density at radius 3 is 2.79 bits per heavy atom. The molecule has 1 saturated heterocycles. The molecule has 1 heterocycles. The standard InChI is InChI=1S/C15H29N3O/c1-12(18(2)14-7-8-14)11-17-15(19)9-6-13-5-3-4-10-16-13/h12-14,16H,3-11H2,1-2H3,(H,17,19). The Morgan fingerprint density at radius 1 is 1.37 bits per heavy atom. The largest absolute Gasteiger partial charge is 0.355 e. The molecule has 0 aromatic heterocycles. The molecule has 1 saturated carbocycles. The highest BCUT2D eigenvalue weighted by molar-refractivity contribution is 5.75. The van der Waals surface area contributed by atoms with Gasteiger partial charge in [-0.05, 0) is 52.6 Å². The molecule has 110 valence electrons. The highest BCUT2D eigenvalue weighted by Gasteiger charge is 2.29. The quantitative estimate of drug-likeness (QED) is 0.735. The zero-order valence-electron chi connectivity index (χ0n) is 12.5. The lowest BCUT2D eigenvalue weighted by atomic mass is 10.0. The summed E-state index contributed by atoms with van der Waals surface area (Å²) in [4.78, 5) is 14.2. The molecule has 2 aliphatic rings. The second-order valence-electron chi connectivity index (χ2n) is 6.24. The van der Waals surface area contributed by atoms with Crippen LogP contribution in [0.25, 0.3) is 0 Å². The van der Waals surface area contributed by atoms with E-state index < -0.39 is 0 Å². The molecule has 2 unspecified atom stereocenters. The van der Waals surface area contributed by atoms with Crippen LogP contribution in [0.15, 0.2) is 0 Å². The Kier molecular flexibility index (Phi) is 5.64. The molecule has 4 heteroatoms. The third-order valence-corrected chi connectivity index (χ3v) is 4.54. The van der Waals surface area contributed by atoms with Crippen molar-refractivity contribution in [3.8, 4) is 0 Å². The number of hydrogen-bond donors (Lipinski definition) is 2. The lowest BCUT2D eigenvalue weighted by molar-refractivity contribution is -0.121. The fourth-order valence-electron chi connectivity index (χ4n) is 2.81. The molecule has 0 radical (unpaired) electrons. The van der Waals surface area contributed by atoms with E-state index in [1.54, 1.807) is 0 Å². The van der Waals surface area contributed by atoms with E-state index in [0.717, 1.165) is 25.6 Å². The minimum absolute atomic E-state index is 0.212. The van der Waals surface area contributed by atoms with E-state index in [1.807, 2.05) is 0 Å². The number of amides is 1. The summed E-state index contributed by atoms with van der Waals surface area (Å²) in [6.07, 6.45) is 8.12. The van der Waals surface area contributed by atoms with Crippen LogP contribution in [0.4, 0.5) is 0 Å². The van der Waals surface area contributed by atoms with E-state index in [1.165, 1.54) is 32.1 Å². The van der Waals surface area contributed by atoms with Crippen molar-refractivity contribution in [3.63, 3.8) is 0 Å². The van der Waals surface area contributed by atoms with Crippen LogP contribution in [0.2, 0.25) is 0 Å². The van der Waals surface area contributed by atoms with Gasteiger partial charge in [-0.2, -0.15) is 0 Å². The van der Waals surface area contributed by atoms with E-state index in [9.17, 15) is 4.79 Å². The van der Waals surface area contributed by atoms with Crippen LogP contribution in [0.1, 0.15) is 51.9 Å². The van der Waals surface area contributed by atoms with Gasteiger partial charge in [0.15, 0.2) is 0 Å². The summed E-state index contributed by atoms with van der Waals surface area (Å²) in [6.45, 7) is 4.10. The Labute approximate surface area is 117 Å². The van der Waals surface area contributed by atoms with Gasteiger partial charge in [0.1, 0.15) is 0 Å². The third-order valence-electron chi connectivity index (χ3n) is 4.54. The lowest BCUT2D eigenvalue weighted by Crippen LogP contribution is -2.41. The number of rotatable bonds is 7. The molecule has 2 N–H and O–H groups in total. The molecule has 4 nitrogen and oxygen atoms in total. The van der Waals surface area contributed by atoms with Gasteiger partial charge in [0.2, 0.25) is 5.91 Å². The number of hydrogen-bond acceptors (Lipinski definition) is 3. The molecule has 1 aliphatic carbocycles. The summed E-state index contributed by atoms with van der Waals surface area (Å²) in [7, 11) is 2.17. The number of carbonyl (C=O) groups excluding carboxylic acids is 1. The Balaban J connectivity index is 1.55. The maximum Gasteiger partial charge on any atom is 0.220 e. The van der Waals surface area contributed by atoms with Crippen LogP contribution in [0.5, 0.6) is 0 Å². The molecule has 2 atom stereocenters. The van der Waals surface area contributed by atoms with E-state index >= 15 is 0 Å². The van der Waals surface area contributed by atoms with Crippen molar-refractivity contribution in [3.05, 3.63) is 0 Å². The van der Waals surface area contributed by atoms with Gasteiger partial charge >= 0.3 is 0 Å². The second kappa shape index (κ2) is 7.25. The van der Waals surface area contributed by atoms with Crippen LogP contribution in [-0.4, -0.2) is 49.1 Å². The molecule has 19 heavy (non-hydrogen) atoms. The minimum atomic E-state index is 0.212. The fourth-order valence-corrected chi connectivity index (χ4v) is 2.81. The highest BCUT2D eigenvalue weighted by atomic mass is 16.1. The average molecular weight is 267 g/mol. The van der Waals surface area contributed by atoms with Gasteiger partial charge in [0, 0.05) is 31.1 Å². The van der Waals surface area contributed by atoms with E-state index in [4.69, 9.17) is 0 Å². The summed E-state index contributed by atoms with van der Waals surface area (Å²) in [5.41, 5.74) is 0. The normalized spacial score (nSPS) is 25.3. The van der Waals surface area contributed by atoms with E-state index in [0.29, 0.717) is 18.5 Å². The highest BCUT2D eigenvalue weighted by Crippen LogP contribution is 2.26. The molecule has 0 spiro atoms. The Morgan fingerprint density at radius 2 is 2.16 bits per heavy atom. The minimum Gasteiger partial charge on any atom is -0.355 e. The summed E-state index contributed by atoms with van der Waals surface area (Å²) >= 11 is 0. The molecule has 0 aromatic carbocycles. The zero-order valence-corrected chi connectivity index (χ0v) is 12.5. The van der Waals surface area contributed by atoms with E-state index in [2.05, 4.69) is 29.5 Å². The fraction of sp³-hybridized carbons (Fsp3) is 0.933. The molecule has 1 aliphatic heterocycles. The zero-order chi connectivity index (χ0) is 13.7. The molecule has 2 fully saturated rings. The van der Waals surface area contributed by atoms with Gasteiger partial charge in [-0.3, -0.25) is 9.69 Å². The Bertz CT molecular complexity index is 285. The summed E-state index contributed by atoms with van der Waals surface area (Å²) in [5, 5.41) is 6.57. The van der Waals surface area contributed by atoms with Crippen LogP contribution >= 0.6 is 0 Å². The van der Waals surface area contributed by atoms with Crippen molar-refractivity contribution in [1.29, 1.82) is 0 Å². The SMILES string of the molecule is CC(CNC(=O)CCC1CCCCN1)N(C)C1CC1. The molecule has 2 rings (SSSR count). The molecular weight excluding hydrogens is 238 g/mol. The third kappa shape index (κ3) is 5.11. The van der Waals surface area contributed by atoms with E-state index in [-0.39, 0.29) is 5.91 Å². The molecular formula is C15H29N3O. The maximum atomic E-state index is 11.8. The molecule has 0 bridgehead atoms. The van der Waals surface area contributed by atoms with Crippen molar-refractivity contribution in [1.82, 2.24) is 15.5 Å². The second-order valence-corrected chi connectivity index (χ2v) is 6.24. The van der Waals surface area contributed by atoms with Crippen LogP contribution in [0.3, 0.4) is 0 Å². The molecule has 1 amide bonds. The lowest BCUT2D eigenvalue weighted by Gasteiger charge is -2.25. The number of piperidine rings is 1. The number of nitrogens with zero attached hydrogens (tertiary/aromatic N) is 1. The summed E-state index contributed by atoms with van der Waals surface area (Å²) < 4.78 is 0. The van der Waals surface area contributed by atoms with Crippen LogP contribution in [-0.2, 0) is 4.79 Å². The van der Waals surface area contributed by atoms with Crippen LogP contribution < -0.4 is 10.6 Å². The van der Waals surface area contributed by atoms with Crippen LogP contribution in [0, 0.1) is 0 Å². The van der Waals surface area contributed by atoms with Gasteiger partial charge in [-0.15, -0.1) is 0 Å². The van der Waals surface area contributed by atoms with Crippen molar-refractivity contribution in [2.45, 2.75) is 70.0 Å². The monoisotopic (exact) mass is 267 g/mol. The van der Waals surface area contributed by atoms with Crippen molar-refractivity contribution in [2.75, 3.05) is 20.1 Å². The summed E-state index contributed by atoms with van der Waals surface area (Å²) in [6, 6.07) is 1.77. The first-order valence-corrected chi connectivity index (χ1v) is 7.89. The number of carbonyl (C=O) groups is 1. The average Bonchev–Trinajstić information content (AvgIpc) is 3.27. The van der Waals surface area contributed by atoms with Crippen molar-refractivity contribution >= 4 is 5.91 Å². The first-order valence-electron chi connectivity index (χ1n) is 7.89. The van der Waals surface area contributed by atoms with Gasteiger partial charge in [0.25, 0.3) is 0 Å². The maximum absolute atomic E-state index is 11.8. The Hall–Kier alpha value is -0.610. The topological polar surface area (TPSA) is 44.4 Å². The van der Waals surface area contributed by atoms with Gasteiger partial charge < -0.3 is 10.6 Å². The predicted molar refractivity (Wildman–Crippen MR) is 78.1 cm³/mol. The van der Waals surface area contributed by atoms with Gasteiger partial charge in [-0.25, -0.2) is 0 Å². The van der Waals surface area contributed by atoms with Gasteiger partial charge in [0.05, 0.1) is 0 Å².